The minimum absolute atomic E-state index is 0.136. The smallest absolute Gasteiger partial charge is 0.341 e. The molecular weight excluding hydrogens is 432 g/mol. The zero-order valence-corrected chi connectivity index (χ0v) is 19.3. The first kappa shape index (κ1) is 22.8. The van der Waals surface area contributed by atoms with Crippen molar-refractivity contribution in [1.82, 2.24) is 14.8 Å². The van der Waals surface area contributed by atoms with E-state index >= 15 is 0 Å². The summed E-state index contributed by atoms with van der Waals surface area (Å²) in [6.07, 6.45) is 2.42. The summed E-state index contributed by atoms with van der Waals surface area (Å²) in [5.41, 5.74) is 2.35. The first-order valence-electron chi connectivity index (χ1n) is 9.62. The van der Waals surface area contributed by atoms with Crippen LogP contribution < -0.4 is 5.32 Å². The molecule has 0 unspecified atom stereocenters. The molecule has 1 amide bonds. The number of amides is 1. The van der Waals surface area contributed by atoms with Crippen molar-refractivity contribution in [2.24, 2.45) is 0 Å². The highest BCUT2D eigenvalue weighted by Crippen LogP contribution is 2.33. The van der Waals surface area contributed by atoms with Crippen molar-refractivity contribution >= 4 is 40.0 Å². The van der Waals surface area contributed by atoms with Gasteiger partial charge in [0.05, 0.1) is 18.4 Å². The largest absolute Gasteiger partial charge is 0.465 e. The van der Waals surface area contributed by atoms with Crippen LogP contribution in [-0.4, -0.2) is 39.5 Å². The van der Waals surface area contributed by atoms with Crippen LogP contribution in [0.15, 0.2) is 48.1 Å². The van der Waals surface area contributed by atoms with Crippen molar-refractivity contribution in [3.63, 3.8) is 0 Å². The second kappa shape index (κ2) is 10.4. The molecule has 1 aromatic carbocycles. The van der Waals surface area contributed by atoms with Crippen molar-refractivity contribution in [3.8, 4) is 0 Å². The van der Waals surface area contributed by atoms with Gasteiger partial charge in [-0.1, -0.05) is 48.2 Å². The number of carbonyl (C=O) groups is 2. The summed E-state index contributed by atoms with van der Waals surface area (Å²) < 4.78 is 6.81. The van der Waals surface area contributed by atoms with Crippen LogP contribution in [0.5, 0.6) is 0 Å². The van der Waals surface area contributed by atoms with Crippen LogP contribution in [0.4, 0.5) is 5.00 Å². The average molecular weight is 457 g/mol. The third-order valence-electron chi connectivity index (χ3n) is 4.67. The number of aromatic nitrogens is 3. The Morgan fingerprint density at radius 3 is 2.68 bits per heavy atom. The molecule has 0 atom stereocenters. The van der Waals surface area contributed by atoms with Gasteiger partial charge in [-0.25, -0.2) is 4.79 Å². The molecule has 31 heavy (non-hydrogen) atoms. The molecule has 0 aliphatic rings. The predicted octanol–water partition coefficient (Wildman–Crippen LogP) is 4.25. The lowest BCUT2D eigenvalue weighted by atomic mass is 10.1. The van der Waals surface area contributed by atoms with Crippen molar-refractivity contribution < 1.29 is 14.3 Å². The van der Waals surface area contributed by atoms with Crippen LogP contribution in [0.3, 0.4) is 0 Å². The molecule has 0 aliphatic heterocycles. The number of aryl methyl sites for hydroxylation is 1. The average Bonchev–Trinajstić information content (AvgIpc) is 3.27. The first-order chi connectivity index (χ1) is 14.9. The molecule has 162 valence electrons. The lowest BCUT2D eigenvalue weighted by Crippen LogP contribution is -2.16. The Morgan fingerprint density at radius 2 is 2.00 bits per heavy atom. The number of benzene rings is 1. The summed E-state index contributed by atoms with van der Waals surface area (Å²) >= 11 is 2.66. The van der Waals surface area contributed by atoms with Gasteiger partial charge in [-0.05, 0) is 25.0 Å². The number of rotatable bonds is 9. The highest BCUT2D eigenvalue weighted by molar-refractivity contribution is 7.99. The number of esters is 1. The molecule has 0 spiro atoms. The Labute approximate surface area is 189 Å². The molecule has 7 nitrogen and oxygen atoms in total. The molecule has 0 bridgehead atoms. The monoisotopic (exact) mass is 456 g/mol. The number of hydrogen-bond donors (Lipinski definition) is 1. The minimum Gasteiger partial charge on any atom is -0.465 e. The fraction of sp³-hybridized carbons (Fsp3) is 0.273. The van der Waals surface area contributed by atoms with Gasteiger partial charge < -0.3 is 14.6 Å². The molecule has 3 rings (SSSR count). The van der Waals surface area contributed by atoms with Crippen LogP contribution in [0.25, 0.3) is 0 Å². The van der Waals surface area contributed by atoms with Gasteiger partial charge in [0.2, 0.25) is 5.91 Å². The van der Waals surface area contributed by atoms with Crippen LogP contribution >= 0.6 is 23.1 Å². The first-order valence-corrected chi connectivity index (χ1v) is 11.4. The SMILES string of the molecule is C=CCn1c(Cc2ccccc2)nnc1SCC(=O)Nc1sc(C)c(C)c1C(=O)OC. The summed E-state index contributed by atoms with van der Waals surface area (Å²) in [5.74, 6) is 0.263. The molecule has 2 aromatic heterocycles. The number of anilines is 1. The van der Waals surface area contributed by atoms with Crippen LogP contribution in [-0.2, 0) is 22.5 Å². The summed E-state index contributed by atoms with van der Waals surface area (Å²) in [5, 5.41) is 12.6. The fourth-order valence-electron chi connectivity index (χ4n) is 3.00. The second-order valence-electron chi connectivity index (χ2n) is 6.78. The van der Waals surface area contributed by atoms with Crippen molar-refractivity contribution in [2.75, 3.05) is 18.2 Å². The molecule has 1 N–H and O–H groups in total. The van der Waals surface area contributed by atoms with E-state index in [-0.39, 0.29) is 11.7 Å². The molecule has 0 saturated heterocycles. The molecule has 0 fully saturated rings. The summed E-state index contributed by atoms with van der Waals surface area (Å²) in [4.78, 5) is 25.6. The maximum Gasteiger partial charge on any atom is 0.341 e. The van der Waals surface area contributed by atoms with E-state index in [2.05, 4.69) is 22.1 Å². The highest BCUT2D eigenvalue weighted by atomic mass is 32.2. The van der Waals surface area contributed by atoms with E-state index in [1.165, 1.54) is 30.2 Å². The summed E-state index contributed by atoms with van der Waals surface area (Å²) in [7, 11) is 1.33. The van der Waals surface area contributed by atoms with Crippen molar-refractivity contribution in [1.29, 1.82) is 0 Å². The van der Waals surface area contributed by atoms with Gasteiger partial charge >= 0.3 is 5.97 Å². The van der Waals surface area contributed by atoms with E-state index in [1.807, 2.05) is 48.7 Å². The number of allylic oxidation sites excluding steroid dienone is 1. The van der Waals surface area contributed by atoms with Gasteiger partial charge in [0.15, 0.2) is 5.16 Å². The maximum absolute atomic E-state index is 12.6. The third kappa shape index (κ3) is 5.42. The zero-order chi connectivity index (χ0) is 22.4. The molecule has 3 aromatic rings. The van der Waals surface area contributed by atoms with Gasteiger partial charge in [0.25, 0.3) is 0 Å². The van der Waals surface area contributed by atoms with E-state index < -0.39 is 5.97 Å². The van der Waals surface area contributed by atoms with E-state index in [9.17, 15) is 9.59 Å². The van der Waals surface area contributed by atoms with Gasteiger partial charge in [-0.15, -0.1) is 28.1 Å². The molecule has 9 heteroatoms. The van der Waals surface area contributed by atoms with Gasteiger partial charge in [0, 0.05) is 17.8 Å². The Kier molecular flexibility index (Phi) is 7.64. The Balaban J connectivity index is 1.70. The van der Waals surface area contributed by atoms with E-state index in [0.717, 1.165) is 21.8 Å². The van der Waals surface area contributed by atoms with Crippen LogP contribution in [0.1, 0.15) is 32.2 Å². The van der Waals surface area contributed by atoms with Crippen LogP contribution in [0, 0.1) is 13.8 Å². The molecule has 0 saturated carbocycles. The van der Waals surface area contributed by atoms with Crippen molar-refractivity contribution in [2.45, 2.75) is 32.0 Å². The highest BCUT2D eigenvalue weighted by Gasteiger charge is 2.22. The predicted molar refractivity (Wildman–Crippen MR) is 124 cm³/mol. The normalized spacial score (nSPS) is 10.7. The lowest BCUT2D eigenvalue weighted by Gasteiger charge is -2.08. The topological polar surface area (TPSA) is 86.1 Å². The van der Waals surface area contributed by atoms with Gasteiger partial charge in [0.1, 0.15) is 10.8 Å². The number of thioether (sulfide) groups is 1. The van der Waals surface area contributed by atoms with Gasteiger partial charge in [-0.3, -0.25) is 4.79 Å². The Bertz CT molecular complexity index is 1090. The number of nitrogens with one attached hydrogen (secondary N) is 1. The standard InChI is InChI=1S/C22H24N4O3S2/c1-5-11-26-17(12-16-9-7-6-8-10-16)24-25-22(26)30-13-18(27)23-20-19(21(28)29-4)14(2)15(3)31-20/h5-10H,1,11-13H2,2-4H3,(H,23,27). The zero-order valence-electron chi connectivity index (χ0n) is 17.7. The number of ether oxygens (including phenoxy) is 1. The van der Waals surface area contributed by atoms with E-state index in [0.29, 0.717) is 28.7 Å². The summed E-state index contributed by atoms with van der Waals surface area (Å²) in [6, 6.07) is 10.0. The number of carbonyl (C=O) groups excluding carboxylic acids is 2. The number of methoxy groups -OCH3 is 1. The lowest BCUT2D eigenvalue weighted by molar-refractivity contribution is -0.113. The van der Waals surface area contributed by atoms with Crippen LogP contribution in [0.2, 0.25) is 0 Å². The number of thiophene rings is 1. The minimum atomic E-state index is -0.457. The summed E-state index contributed by atoms with van der Waals surface area (Å²) in [6.45, 7) is 8.11. The van der Waals surface area contributed by atoms with Crippen molar-refractivity contribution in [3.05, 3.63) is 70.4 Å². The molecule has 0 radical (unpaired) electrons. The fourth-order valence-corrected chi connectivity index (χ4v) is 4.83. The molecule has 2 heterocycles. The Hall–Kier alpha value is -2.91. The van der Waals surface area contributed by atoms with E-state index in [4.69, 9.17) is 4.74 Å². The molecule has 0 aliphatic carbocycles. The van der Waals surface area contributed by atoms with Gasteiger partial charge in [-0.2, -0.15) is 0 Å². The Morgan fingerprint density at radius 1 is 1.26 bits per heavy atom. The number of nitrogens with zero attached hydrogens (tertiary/aromatic N) is 3. The molecular formula is C22H24N4O3S2. The number of hydrogen-bond acceptors (Lipinski definition) is 7. The second-order valence-corrected chi connectivity index (χ2v) is 8.94. The van der Waals surface area contributed by atoms with E-state index in [1.54, 1.807) is 6.08 Å². The maximum atomic E-state index is 12.6. The quantitative estimate of drug-likeness (QED) is 0.294. The third-order valence-corrected chi connectivity index (χ3v) is 6.76.